The minimum Gasteiger partial charge on any atom is -0.310 e. The Balaban J connectivity index is 2.08. The highest BCUT2D eigenvalue weighted by atomic mass is 14.9. The molecule has 1 aromatic carbocycles. The summed E-state index contributed by atoms with van der Waals surface area (Å²) < 4.78 is 0. The van der Waals surface area contributed by atoms with Crippen LogP contribution in [0.3, 0.4) is 0 Å². The Labute approximate surface area is 73.8 Å². The molecule has 1 radical (unpaired) electrons. The average Bonchev–Trinajstić information content (AvgIpc) is 2.21. The third-order valence-corrected chi connectivity index (χ3v) is 2.34. The van der Waals surface area contributed by atoms with Gasteiger partial charge in [-0.1, -0.05) is 30.3 Å². The molecular weight excluding hydrogens is 146 g/mol. The Morgan fingerprint density at radius 1 is 1.17 bits per heavy atom. The number of nitrogens with one attached hydrogen (secondary N) is 1. The molecule has 1 aliphatic heterocycles. The van der Waals surface area contributed by atoms with Crippen LogP contribution in [0, 0.1) is 6.42 Å². The van der Waals surface area contributed by atoms with Crippen LogP contribution in [-0.4, -0.2) is 6.54 Å². The van der Waals surface area contributed by atoms with Crippen molar-refractivity contribution in [3.05, 3.63) is 42.3 Å². The molecule has 0 aromatic heterocycles. The molecule has 0 saturated carbocycles. The van der Waals surface area contributed by atoms with Crippen molar-refractivity contribution in [3.63, 3.8) is 0 Å². The Hall–Kier alpha value is -0.820. The van der Waals surface area contributed by atoms with Crippen molar-refractivity contribution in [2.24, 2.45) is 0 Å². The van der Waals surface area contributed by atoms with Crippen molar-refractivity contribution in [1.82, 2.24) is 5.32 Å². The fourth-order valence-corrected chi connectivity index (χ4v) is 1.67. The van der Waals surface area contributed by atoms with E-state index in [1.54, 1.807) is 0 Å². The number of rotatable bonds is 1. The van der Waals surface area contributed by atoms with Gasteiger partial charge < -0.3 is 5.32 Å². The SMILES string of the molecule is [CH]1CCNC(c2ccccc2)C1. The smallest absolute Gasteiger partial charge is 0.0322 e. The Bertz CT molecular complexity index is 224. The maximum absolute atomic E-state index is 3.50. The van der Waals surface area contributed by atoms with Gasteiger partial charge in [0, 0.05) is 6.04 Å². The lowest BCUT2D eigenvalue weighted by atomic mass is 9.98. The molecule has 2 rings (SSSR count). The van der Waals surface area contributed by atoms with Gasteiger partial charge in [0.05, 0.1) is 0 Å². The monoisotopic (exact) mass is 160 g/mol. The zero-order valence-corrected chi connectivity index (χ0v) is 7.16. The molecule has 1 aromatic rings. The number of piperidine rings is 1. The summed E-state index contributed by atoms with van der Waals surface area (Å²) in [4.78, 5) is 0. The van der Waals surface area contributed by atoms with Crippen molar-refractivity contribution in [3.8, 4) is 0 Å². The molecule has 0 bridgehead atoms. The number of hydrogen-bond donors (Lipinski definition) is 1. The first-order valence-electron chi connectivity index (χ1n) is 4.57. The second kappa shape index (κ2) is 3.72. The zero-order valence-electron chi connectivity index (χ0n) is 7.16. The molecule has 0 amide bonds. The van der Waals surface area contributed by atoms with Crippen molar-refractivity contribution in [2.45, 2.75) is 18.9 Å². The highest BCUT2D eigenvalue weighted by molar-refractivity contribution is 5.19. The van der Waals surface area contributed by atoms with E-state index in [4.69, 9.17) is 0 Å². The molecule has 1 heteroatoms. The predicted octanol–water partition coefficient (Wildman–Crippen LogP) is 2.32. The van der Waals surface area contributed by atoms with Crippen LogP contribution in [0.15, 0.2) is 30.3 Å². The van der Waals surface area contributed by atoms with Gasteiger partial charge in [0.1, 0.15) is 0 Å². The van der Waals surface area contributed by atoms with Crippen molar-refractivity contribution in [1.29, 1.82) is 0 Å². The quantitative estimate of drug-likeness (QED) is 0.664. The van der Waals surface area contributed by atoms with Crippen molar-refractivity contribution in [2.75, 3.05) is 6.54 Å². The second-order valence-electron chi connectivity index (χ2n) is 3.23. The zero-order chi connectivity index (χ0) is 8.23. The topological polar surface area (TPSA) is 12.0 Å². The fraction of sp³-hybridized carbons (Fsp3) is 0.364. The molecule has 0 spiro atoms. The largest absolute Gasteiger partial charge is 0.310 e. The summed E-state index contributed by atoms with van der Waals surface area (Å²) in [6, 6.07) is 11.2. The summed E-state index contributed by atoms with van der Waals surface area (Å²) in [5.74, 6) is 0. The van der Waals surface area contributed by atoms with E-state index in [0.717, 1.165) is 6.54 Å². The van der Waals surface area contributed by atoms with E-state index in [9.17, 15) is 0 Å². The normalized spacial score (nSPS) is 23.8. The third kappa shape index (κ3) is 1.67. The molecule has 1 N–H and O–H groups in total. The van der Waals surface area contributed by atoms with E-state index in [0.29, 0.717) is 6.04 Å². The van der Waals surface area contributed by atoms with Crippen molar-refractivity contribution >= 4 is 0 Å². The molecule has 1 fully saturated rings. The summed E-state index contributed by atoms with van der Waals surface area (Å²) in [5.41, 5.74) is 1.41. The highest BCUT2D eigenvalue weighted by Gasteiger charge is 2.13. The van der Waals surface area contributed by atoms with Crippen LogP contribution in [-0.2, 0) is 0 Å². The molecular formula is C11H14N. The van der Waals surface area contributed by atoms with Crippen LogP contribution in [0.25, 0.3) is 0 Å². The first-order chi connectivity index (χ1) is 5.97. The van der Waals surface area contributed by atoms with Gasteiger partial charge in [-0.05, 0) is 31.4 Å². The summed E-state index contributed by atoms with van der Waals surface area (Å²) in [7, 11) is 0. The standard InChI is InChI=1S/C11H14N/c1-2-6-10(7-3-1)11-8-4-5-9-12-11/h1-4,6-7,11-12H,5,8-9H2. The van der Waals surface area contributed by atoms with Crippen LogP contribution < -0.4 is 5.32 Å². The van der Waals surface area contributed by atoms with Gasteiger partial charge in [0.2, 0.25) is 0 Å². The minimum atomic E-state index is 0.556. The Morgan fingerprint density at radius 2 is 2.00 bits per heavy atom. The van der Waals surface area contributed by atoms with Crippen LogP contribution in [0.1, 0.15) is 24.4 Å². The van der Waals surface area contributed by atoms with Gasteiger partial charge >= 0.3 is 0 Å². The first-order valence-corrected chi connectivity index (χ1v) is 4.57. The summed E-state index contributed by atoms with van der Waals surface area (Å²) in [6.07, 6.45) is 4.75. The van der Waals surface area contributed by atoms with E-state index < -0.39 is 0 Å². The lowest BCUT2D eigenvalue weighted by Crippen LogP contribution is -2.26. The highest BCUT2D eigenvalue weighted by Crippen LogP contribution is 2.21. The Kier molecular flexibility index (Phi) is 2.42. The second-order valence-corrected chi connectivity index (χ2v) is 3.23. The van der Waals surface area contributed by atoms with E-state index in [1.165, 1.54) is 18.4 Å². The van der Waals surface area contributed by atoms with Gasteiger partial charge in [-0.15, -0.1) is 0 Å². The molecule has 63 valence electrons. The van der Waals surface area contributed by atoms with Crippen LogP contribution >= 0.6 is 0 Å². The molecule has 1 nitrogen and oxygen atoms in total. The molecule has 12 heavy (non-hydrogen) atoms. The Morgan fingerprint density at radius 3 is 2.67 bits per heavy atom. The minimum absolute atomic E-state index is 0.556. The molecule has 1 aliphatic rings. The number of hydrogen-bond acceptors (Lipinski definition) is 1. The van der Waals surface area contributed by atoms with Crippen LogP contribution in [0.5, 0.6) is 0 Å². The molecule has 0 aliphatic carbocycles. The van der Waals surface area contributed by atoms with Crippen molar-refractivity contribution < 1.29 is 0 Å². The summed E-state index contributed by atoms with van der Waals surface area (Å²) in [6.45, 7) is 1.12. The predicted molar refractivity (Wildman–Crippen MR) is 50.7 cm³/mol. The van der Waals surface area contributed by atoms with Gasteiger partial charge in [-0.2, -0.15) is 0 Å². The van der Waals surface area contributed by atoms with Gasteiger partial charge in [-0.3, -0.25) is 0 Å². The van der Waals surface area contributed by atoms with Crippen LogP contribution in [0.4, 0.5) is 0 Å². The van der Waals surface area contributed by atoms with E-state index in [1.807, 2.05) is 0 Å². The third-order valence-electron chi connectivity index (χ3n) is 2.34. The van der Waals surface area contributed by atoms with E-state index in [-0.39, 0.29) is 0 Å². The first kappa shape index (κ1) is 7.81. The van der Waals surface area contributed by atoms with E-state index in [2.05, 4.69) is 42.1 Å². The maximum atomic E-state index is 3.50. The molecule has 1 unspecified atom stereocenters. The van der Waals surface area contributed by atoms with Crippen LogP contribution in [0.2, 0.25) is 0 Å². The molecule has 1 atom stereocenters. The summed E-state index contributed by atoms with van der Waals surface area (Å²) in [5, 5.41) is 3.50. The molecule has 1 saturated heterocycles. The summed E-state index contributed by atoms with van der Waals surface area (Å²) >= 11 is 0. The fourth-order valence-electron chi connectivity index (χ4n) is 1.67. The number of benzene rings is 1. The average molecular weight is 160 g/mol. The lowest BCUT2D eigenvalue weighted by Gasteiger charge is -2.23. The maximum Gasteiger partial charge on any atom is 0.0322 e. The van der Waals surface area contributed by atoms with E-state index >= 15 is 0 Å². The lowest BCUT2D eigenvalue weighted by molar-refractivity contribution is 0.475. The van der Waals surface area contributed by atoms with Gasteiger partial charge in [-0.25, -0.2) is 0 Å². The van der Waals surface area contributed by atoms with Gasteiger partial charge in [0.15, 0.2) is 0 Å². The van der Waals surface area contributed by atoms with Gasteiger partial charge in [0.25, 0.3) is 0 Å². The molecule has 1 heterocycles.